The number of aryl methyl sites for hydroxylation is 1. The van der Waals surface area contributed by atoms with E-state index in [9.17, 15) is 14.7 Å². The molecule has 1 aliphatic rings. The number of benzene rings is 2. The lowest BCUT2D eigenvalue weighted by atomic mass is 9.94. The fourth-order valence-corrected chi connectivity index (χ4v) is 3.94. The van der Waals surface area contributed by atoms with Crippen LogP contribution in [0, 0.1) is 0 Å². The molecule has 1 amide bonds. The summed E-state index contributed by atoms with van der Waals surface area (Å²) in [7, 11) is 1.53. The number of aliphatic hydroxyl groups is 1. The second-order valence-corrected chi connectivity index (χ2v) is 7.61. The number of amides is 1. The van der Waals surface area contributed by atoms with Crippen molar-refractivity contribution in [3.63, 3.8) is 0 Å². The number of ketones is 1. The number of hydrogen-bond donors (Lipinski definition) is 1. The molecule has 1 aromatic heterocycles. The van der Waals surface area contributed by atoms with Crippen LogP contribution in [0.3, 0.4) is 0 Å². The lowest BCUT2D eigenvalue weighted by Crippen LogP contribution is -2.29. The predicted molar refractivity (Wildman–Crippen MR) is 121 cm³/mol. The number of hydrogen-bond acceptors (Lipinski definition) is 5. The molecular formula is C26H24N2O4. The monoisotopic (exact) mass is 428 g/mol. The van der Waals surface area contributed by atoms with Gasteiger partial charge in [-0.1, -0.05) is 43.3 Å². The van der Waals surface area contributed by atoms with E-state index in [1.165, 1.54) is 12.0 Å². The first-order valence-electron chi connectivity index (χ1n) is 10.4. The van der Waals surface area contributed by atoms with E-state index < -0.39 is 17.7 Å². The summed E-state index contributed by atoms with van der Waals surface area (Å²) in [5.74, 6) is -1.02. The van der Waals surface area contributed by atoms with Crippen LogP contribution in [0.15, 0.2) is 78.6 Å². The molecule has 1 fully saturated rings. The number of pyridine rings is 1. The Bertz CT molecular complexity index is 1170. The molecule has 162 valence electrons. The quantitative estimate of drug-likeness (QED) is 0.360. The highest BCUT2D eigenvalue weighted by molar-refractivity contribution is 6.46. The third kappa shape index (κ3) is 3.99. The third-order valence-corrected chi connectivity index (χ3v) is 5.69. The van der Waals surface area contributed by atoms with Gasteiger partial charge in [-0.3, -0.25) is 14.6 Å². The average molecular weight is 428 g/mol. The molecule has 0 bridgehead atoms. The van der Waals surface area contributed by atoms with Gasteiger partial charge in [0.15, 0.2) is 0 Å². The minimum Gasteiger partial charge on any atom is -0.507 e. The van der Waals surface area contributed by atoms with Crippen LogP contribution in [0.1, 0.15) is 35.2 Å². The Kier molecular flexibility index (Phi) is 6.03. The Morgan fingerprint density at radius 3 is 2.41 bits per heavy atom. The normalized spacial score (nSPS) is 17.6. The average Bonchev–Trinajstić information content (AvgIpc) is 3.09. The van der Waals surface area contributed by atoms with Crippen LogP contribution >= 0.6 is 0 Å². The van der Waals surface area contributed by atoms with Crippen LogP contribution in [0.2, 0.25) is 0 Å². The number of Topliss-reactive ketones (excluding diaryl/α,β-unsaturated/α-hetero) is 1. The molecule has 0 radical (unpaired) electrons. The number of methoxy groups -OCH3 is 1. The standard InChI is InChI=1S/C26H24N2O4/c1-3-17-7-9-19(10-8-17)23-22(24(29)20-5-4-6-21(15-20)32-2)25(30)26(31)28(23)16-18-11-13-27-14-12-18/h4-15,23,29H,3,16H2,1-2H3/b24-22+. The highest BCUT2D eigenvalue weighted by Crippen LogP contribution is 2.40. The van der Waals surface area contributed by atoms with Gasteiger partial charge in [-0.25, -0.2) is 0 Å². The zero-order chi connectivity index (χ0) is 22.7. The van der Waals surface area contributed by atoms with Gasteiger partial charge < -0.3 is 14.7 Å². The minimum absolute atomic E-state index is 0.0709. The molecule has 2 heterocycles. The Morgan fingerprint density at radius 2 is 1.75 bits per heavy atom. The second-order valence-electron chi connectivity index (χ2n) is 7.61. The van der Waals surface area contributed by atoms with Gasteiger partial charge in [0.1, 0.15) is 11.5 Å². The number of rotatable bonds is 6. The number of carbonyl (C=O) groups is 2. The molecule has 0 spiro atoms. The van der Waals surface area contributed by atoms with Crippen molar-refractivity contribution in [1.82, 2.24) is 9.88 Å². The van der Waals surface area contributed by atoms with E-state index in [0.29, 0.717) is 11.3 Å². The molecule has 2 aromatic carbocycles. The molecule has 3 aromatic rings. The van der Waals surface area contributed by atoms with Gasteiger partial charge in [-0.2, -0.15) is 0 Å². The van der Waals surface area contributed by atoms with Gasteiger partial charge in [0.25, 0.3) is 11.7 Å². The van der Waals surface area contributed by atoms with Crippen LogP contribution in [0.25, 0.3) is 5.76 Å². The molecule has 0 aliphatic carbocycles. The summed E-state index contributed by atoms with van der Waals surface area (Å²) in [5.41, 5.74) is 3.24. The SMILES string of the molecule is CCc1ccc(C2/C(=C(\O)c3cccc(OC)c3)C(=O)C(=O)N2Cc2ccncc2)cc1. The summed E-state index contributed by atoms with van der Waals surface area (Å²) >= 11 is 0. The molecule has 6 heteroatoms. The predicted octanol–water partition coefficient (Wildman–Crippen LogP) is 4.27. The van der Waals surface area contributed by atoms with E-state index in [1.807, 2.05) is 24.3 Å². The molecule has 1 saturated heterocycles. The van der Waals surface area contributed by atoms with Crippen molar-refractivity contribution in [3.8, 4) is 5.75 Å². The molecule has 4 rings (SSSR count). The first kappa shape index (κ1) is 21.3. The van der Waals surface area contributed by atoms with E-state index in [4.69, 9.17) is 4.74 Å². The van der Waals surface area contributed by atoms with E-state index in [0.717, 1.165) is 23.1 Å². The van der Waals surface area contributed by atoms with Gasteiger partial charge in [-0.05, 0) is 47.4 Å². The first-order chi connectivity index (χ1) is 15.5. The van der Waals surface area contributed by atoms with E-state index in [2.05, 4.69) is 11.9 Å². The minimum atomic E-state index is -0.708. The van der Waals surface area contributed by atoms with E-state index in [-0.39, 0.29) is 17.9 Å². The lowest BCUT2D eigenvalue weighted by Gasteiger charge is -2.25. The van der Waals surface area contributed by atoms with Gasteiger partial charge in [0.2, 0.25) is 0 Å². The molecule has 1 aliphatic heterocycles. The molecule has 1 unspecified atom stereocenters. The largest absolute Gasteiger partial charge is 0.507 e. The summed E-state index contributed by atoms with van der Waals surface area (Å²) in [5, 5.41) is 11.2. The van der Waals surface area contributed by atoms with Crippen molar-refractivity contribution in [2.24, 2.45) is 0 Å². The molecule has 1 atom stereocenters. The van der Waals surface area contributed by atoms with Crippen LogP contribution < -0.4 is 4.74 Å². The van der Waals surface area contributed by atoms with E-state index in [1.54, 1.807) is 48.8 Å². The van der Waals surface area contributed by atoms with Crippen LogP contribution in [0.5, 0.6) is 5.75 Å². The van der Waals surface area contributed by atoms with Crippen molar-refractivity contribution < 1.29 is 19.4 Å². The maximum atomic E-state index is 13.1. The summed E-state index contributed by atoms with van der Waals surface area (Å²) in [6, 6.07) is 17.5. The van der Waals surface area contributed by atoms with Crippen LogP contribution in [-0.2, 0) is 22.6 Å². The molecule has 0 saturated carbocycles. The molecular weight excluding hydrogens is 404 g/mol. The number of nitrogens with zero attached hydrogens (tertiary/aromatic N) is 2. The zero-order valence-corrected chi connectivity index (χ0v) is 18.0. The number of carbonyl (C=O) groups excluding carboxylic acids is 2. The van der Waals surface area contributed by atoms with Crippen molar-refractivity contribution in [3.05, 3.63) is 101 Å². The summed E-state index contributed by atoms with van der Waals surface area (Å²) in [6.07, 6.45) is 4.17. The summed E-state index contributed by atoms with van der Waals surface area (Å²) in [6.45, 7) is 2.29. The van der Waals surface area contributed by atoms with E-state index >= 15 is 0 Å². The Hall–Kier alpha value is -3.93. The third-order valence-electron chi connectivity index (χ3n) is 5.69. The smallest absolute Gasteiger partial charge is 0.295 e. The number of aliphatic hydroxyl groups excluding tert-OH is 1. The fourth-order valence-electron chi connectivity index (χ4n) is 3.94. The van der Waals surface area contributed by atoms with Crippen molar-refractivity contribution in [2.75, 3.05) is 7.11 Å². The molecule has 6 nitrogen and oxygen atoms in total. The zero-order valence-electron chi connectivity index (χ0n) is 18.0. The topological polar surface area (TPSA) is 79.7 Å². The second kappa shape index (κ2) is 9.06. The Morgan fingerprint density at radius 1 is 1.03 bits per heavy atom. The van der Waals surface area contributed by atoms with Crippen molar-refractivity contribution in [1.29, 1.82) is 0 Å². The highest BCUT2D eigenvalue weighted by atomic mass is 16.5. The summed E-state index contributed by atoms with van der Waals surface area (Å²) in [4.78, 5) is 31.7. The van der Waals surface area contributed by atoms with Crippen molar-refractivity contribution in [2.45, 2.75) is 25.9 Å². The number of aromatic nitrogens is 1. The van der Waals surface area contributed by atoms with Crippen molar-refractivity contribution >= 4 is 17.4 Å². The maximum Gasteiger partial charge on any atom is 0.295 e. The number of ether oxygens (including phenoxy) is 1. The lowest BCUT2D eigenvalue weighted by molar-refractivity contribution is -0.140. The Labute approximate surface area is 186 Å². The maximum absolute atomic E-state index is 13.1. The Balaban J connectivity index is 1.85. The van der Waals surface area contributed by atoms with Gasteiger partial charge in [0.05, 0.1) is 18.7 Å². The first-order valence-corrected chi connectivity index (χ1v) is 10.4. The van der Waals surface area contributed by atoms with Gasteiger partial charge in [0, 0.05) is 24.5 Å². The summed E-state index contributed by atoms with van der Waals surface area (Å²) < 4.78 is 5.25. The molecule has 1 N–H and O–H groups in total. The van der Waals surface area contributed by atoms with Crippen LogP contribution in [-0.4, -0.2) is 33.8 Å². The fraction of sp³-hybridized carbons (Fsp3) is 0.192. The van der Waals surface area contributed by atoms with Gasteiger partial charge >= 0.3 is 0 Å². The highest BCUT2D eigenvalue weighted by Gasteiger charge is 2.46. The molecule has 32 heavy (non-hydrogen) atoms. The van der Waals surface area contributed by atoms with Crippen LogP contribution in [0.4, 0.5) is 0 Å². The number of likely N-dealkylation sites (tertiary alicyclic amines) is 1. The van der Waals surface area contributed by atoms with Gasteiger partial charge in [-0.15, -0.1) is 0 Å².